The average Bonchev–Trinajstić information content (AvgIpc) is 3.12. The molecule has 3 rings (SSSR count). The molecule has 0 aromatic heterocycles. The number of hydrogen-bond acceptors (Lipinski definition) is 1. The maximum Gasteiger partial charge on any atom is 0.145 e. The van der Waals surface area contributed by atoms with Gasteiger partial charge in [0, 0.05) is 12.3 Å². The van der Waals surface area contributed by atoms with Gasteiger partial charge in [0.25, 0.3) is 0 Å². The first-order chi connectivity index (χ1) is 7.42. The van der Waals surface area contributed by atoms with Gasteiger partial charge in [-0.1, -0.05) is 42.2 Å². The van der Waals surface area contributed by atoms with E-state index in [2.05, 4.69) is 36.1 Å². The maximum absolute atomic E-state index is 5.53. The standard InChI is InChI=1S/C14H14O/c1-2-4-12(5-3-1)10-14-13(15-14)9-8-11-6-7-11/h1-5,11,13-14H,6-7,10H2/t13-,14-/m1/s1. The van der Waals surface area contributed by atoms with E-state index in [0.717, 1.165) is 6.42 Å². The second-order valence-corrected chi connectivity index (χ2v) is 4.35. The van der Waals surface area contributed by atoms with Crippen LogP contribution in [0.3, 0.4) is 0 Å². The molecule has 1 aliphatic carbocycles. The minimum absolute atomic E-state index is 0.214. The van der Waals surface area contributed by atoms with E-state index >= 15 is 0 Å². The molecule has 1 aromatic carbocycles. The number of hydrogen-bond donors (Lipinski definition) is 0. The summed E-state index contributed by atoms with van der Waals surface area (Å²) in [7, 11) is 0. The predicted octanol–water partition coefficient (Wildman–Crippen LogP) is 2.41. The fraction of sp³-hybridized carbons (Fsp3) is 0.429. The van der Waals surface area contributed by atoms with E-state index in [1.807, 2.05) is 6.07 Å². The van der Waals surface area contributed by atoms with Crippen LogP contribution < -0.4 is 0 Å². The fourth-order valence-electron chi connectivity index (χ4n) is 1.70. The highest BCUT2D eigenvalue weighted by molar-refractivity contribution is 5.23. The Balaban J connectivity index is 1.53. The zero-order valence-electron chi connectivity index (χ0n) is 8.65. The highest BCUT2D eigenvalue weighted by atomic mass is 16.6. The Morgan fingerprint density at radius 2 is 1.93 bits per heavy atom. The lowest BCUT2D eigenvalue weighted by atomic mass is 10.1. The molecule has 15 heavy (non-hydrogen) atoms. The molecule has 1 heterocycles. The summed E-state index contributed by atoms with van der Waals surface area (Å²) in [6.45, 7) is 0. The molecule has 1 nitrogen and oxygen atoms in total. The maximum atomic E-state index is 5.53. The third-order valence-corrected chi connectivity index (χ3v) is 2.87. The van der Waals surface area contributed by atoms with Gasteiger partial charge < -0.3 is 4.74 Å². The van der Waals surface area contributed by atoms with Gasteiger partial charge >= 0.3 is 0 Å². The molecule has 0 radical (unpaired) electrons. The van der Waals surface area contributed by atoms with Crippen molar-refractivity contribution in [1.29, 1.82) is 0 Å². The van der Waals surface area contributed by atoms with Gasteiger partial charge in [-0.25, -0.2) is 0 Å². The lowest BCUT2D eigenvalue weighted by Gasteiger charge is -1.94. The Morgan fingerprint density at radius 1 is 1.13 bits per heavy atom. The molecule has 1 aromatic rings. The first-order valence-corrected chi connectivity index (χ1v) is 5.62. The van der Waals surface area contributed by atoms with Crippen molar-refractivity contribution in [1.82, 2.24) is 0 Å². The Hall–Kier alpha value is -1.26. The number of epoxide rings is 1. The van der Waals surface area contributed by atoms with E-state index in [4.69, 9.17) is 4.74 Å². The molecular formula is C14H14O. The SMILES string of the molecule is C(#C[C@H]1O[C@@H]1Cc1ccccc1)C1CC1. The molecule has 76 valence electrons. The van der Waals surface area contributed by atoms with Crippen molar-refractivity contribution >= 4 is 0 Å². The molecule has 2 fully saturated rings. The molecular weight excluding hydrogens is 184 g/mol. The first kappa shape index (κ1) is 9.00. The molecule has 2 aliphatic rings. The van der Waals surface area contributed by atoms with Crippen LogP contribution in [0.1, 0.15) is 18.4 Å². The molecule has 0 spiro atoms. The summed E-state index contributed by atoms with van der Waals surface area (Å²) in [5, 5.41) is 0. The van der Waals surface area contributed by atoms with Crippen LogP contribution in [0.15, 0.2) is 30.3 Å². The van der Waals surface area contributed by atoms with E-state index in [9.17, 15) is 0 Å². The molecule has 2 atom stereocenters. The summed E-state index contributed by atoms with van der Waals surface area (Å²) in [4.78, 5) is 0. The van der Waals surface area contributed by atoms with Gasteiger partial charge in [-0.05, 0) is 18.4 Å². The van der Waals surface area contributed by atoms with Crippen molar-refractivity contribution in [2.24, 2.45) is 5.92 Å². The molecule has 0 N–H and O–H groups in total. The summed E-state index contributed by atoms with van der Waals surface area (Å²) >= 11 is 0. The summed E-state index contributed by atoms with van der Waals surface area (Å²) in [5.74, 6) is 7.16. The summed E-state index contributed by atoms with van der Waals surface area (Å²) in [5.41, 5.74) is 1.35. The van der Waals surface area contributed by atoms with Crippen LogP contribution in [0.2, 0.25) is 0 Å². The predicted molar refractivity (Wildman–Crippen MR) is 59.3 cm³/mol. The smallest absolute Gasteiger partial charge is 0.145 e. The zero-order valence-corrected chi connectivity index (χ0v) is 8.65. The minimum atomic E-state index is 0.214. The van der Waals surface area contributed by atoms with Gasteiger partial charge in [-0.15, -0.1) is 0 Å². The van der Waals surface area contributed by atoms with E-state index in [1.54, 1.807) is 0 Å². The molecule has 1 saturated heterocycles. The number of ether oxygens (including phenoxy) is 1. The van der Waals surface area contributed by atoms with E-state index < -0.39 is 0 Å². The molecule has 0 unspecified atom stereocenters. The van der Waals surface area contributed by atoms with Gasteiger partial charge in [-0.2, -0.15) is 0 Å². The Bertz CT molecular complexity index is 394. The van der Waals surface area contributed by atoms with Gasteiger partial charge in [0.2, 0.25) is 0 Å². The summed E-state index contributed by atoms with van der Waals surface area (Å²) < 4.78 is 5.53. The van der Waals surface area contributed by atoms with Crippen molar-refractivity contribution in [3.63, 3.8) is 0 Å². The van der Waals surface area contributed by atoms with Crippen LogP contribution >= 0.6 is 0 Å². The fourth-order valence-corrected chi connectivity index (χ4v) is 1.70. The Kier molecular flexibility index (Phi) is 2.23. The molecule has 0 bridgehead atoms. The zero-order chi connectivity index (χ0) is 10.1. The van der Waals surface area contributed by atoms with Crippen LogP contribution in [0, 0.1) is 17.8 Å². The van der Waals surface area contributed by atoms with Crippen LogP contribution in [-0.4, -0.2) is 12.2 Å². The monoisotopic (exact) mass is 198 g/mol. The highest BCUT2D eigenvalue weighted by Gasteiger charge is 2.37. The first-order valence-electron chi connectivity index (χ1n) is 5.62. The van der Waals surface area contributed by atoms with Gasteiger partial charge in [-0.3, -0.25) is 0 Å². The average molecular weight is 198 g/mol. The molecule has 1 saturated carbocycles. The largest absolute Gasteiger partial charge is 0.355 e. The van der Waals surface area contributed by atoms with Crippen molar-refractivity contribution in [2.75, 3.05) is 0 Å². The van der Waals surface area contributed by atoms with E-state index in [0.29, 0.717) is 12.0 Å². The van der Waals surface area contributed by atoms with Crippen LogP contribution in [0.25, 0.3) is 0 Å². The quantitative estimate of drug-likeness (QED) is 0.525. The topological polar surface area (TPSA) is 12.5 Å². The molecule has 1 heteroatoms. The summed E-state index contributed by atoms with van der Waals surface area (Å²) in [6.07, 6.45) is 4.15. The van der Waals surface area contributed by atoms with E-state index in [1.165, 1.54) is 18.4 Å². The van der Waals surface area contributed by atoms with Crippen molar-refractivity contribution < 1.29 is 4.74 Å². The Morgan fingerprint density at radius 3 is 2.67 bits per heavy atom. The highest BCUT2D eigenvalue weighted by Crippen LogP contribution is 2.29. The van der Waals surface area contributed by atoms with Crippen LogP contribution in [0.4, 0.5) is 0 Å². The molecule has 1 aliphatic heterocycles. The lowest BCUT2D eigenvalue weighted by molar-refractivity contribution is 0.391. The number of rotatable bonds is 2. The van der Waals surface area contributed by atoms with Crippen molar-refractivity contribution in [3.8, 4) is 11.8 Å². The number of benzene rings is 1. The normalized spacial score (nSPS) is 28.0. The van der Waals surface area contributed by atoms with Crippen LogP contribution in [-0.2, 0) is 11.2 Å². The van der Waals surface area contributed by atoms with Gasteiger partial charge in [0.1, 0.15) is 12.2 Å². The van der Waals surface area contributed by atoms with E-state index in [-0.39, 0.29) is 6.10 Å². The van der Waals surface area contributed by atoms with Gasteiger partial charge in [0.05, 0.1) is 0 Å². The minimum Gasteiger partial charge on any atom is -0.355 e. The third kappa shape index (κ3) is 2.40. The molecule has 0 amide bonds. The second-order valence-electron chi connectivity index (χ2n) is 4.35. The van der Waals surface area contributed by atoms with Crippen LogP contribution in [0.5, 0.6) is 0 Å². The van der Waals surface area contributed by atoms with Gasteiger partial charge in [0.15, 0.2) is 0 Å². The second kappa shape index (κ2) is 3.72. The van der Waals surface area contributed by atoms with Crippen molar-refractivity contribution in [3.05, 3.63) is 35.9 Å². The van der Waals surface area contributed by atoms with Crippen molar-refractivity contribution in [2.45, 2.75) is 31.5 Å². The Labute approximate surface area is 90.5 Å². The third-order valence-electron chi connectivity index (χ3n) is 2.87. The lowest BCUT2D eigenvalue weighted by Crippen LogP contribution is -1.96. The summed E-state index contributed by atoms with van der Waals surface area (Å²) in [6, 6.07) is 10.5.